The molecule has 1 aliphatic heterocycles. The summed E-state index contributed by atoms with van der Waals surface area (Å²) in [5, 5.41) is 11.5. The molecule has 0 saturated carbocycles. The quantitative estimate of drug-likeness (QED) is 0.939. The van der Waals surface area contributed by atoms with Crippen molar-refractivity contribution in [2.45, 2.75) is 6.54 Å². The molecule has 0 radical (unpaired) electrons. The molecule has 21 heavy (non-hydrogen) atoms. The minimum absolute atomic E-state index is 0.0252. The summed E-state index contributed by atoms with van der Waals surface area (Å²) in [5.41, 5.74) is 0.446. The number of carbonyl (C=O) groups is 1. The van der Waals surface area contributed by atoms with Crippen LogP contribution in [0, 0.1) is 0 Å². The first-order valence-corrected chi connectivity index (χ1v) is 7.78. The van der Waals surface area contributed by atoms with Crippen LogP contribution in [-0.4, -0.2) is 52.0 Å². The summed E-state index contributed by atoms with van der Waals surface area (Å²) < 4.78 is 0. The van der Waals surface area contributed by atoms with Crippen LogP contribution in [-0.2, 0) is 6.54 Å². The Kier molecular flexibility index (Phi) is 4.17. The number of nitrogens with zero attached hydrogens (tertiary/aromatic N) is 3. The van der Waals surface area contributed by atoms with Gasteiger partial charge in [0.25, 0.3) is 5.91 Å². The molecule has 110 valence electrons. The lowest BCUT2D eigenvalue weighted by Crippen LogP contribution is -2.48. The third-order valence-electron chi connectivity index (χ3n) is 3.59. The van der Waals surface area contributed by atoms with Crippen LogP contribution >= 0.6 is 11.3 Å². The predicted octanol–water partition coefficient (Wildman–Crippen LogP) is 1.81. The third-order valence-corrected chi connectivity index (χ3v) is 4.45. The van der Waals surface area contributed by atoms with Gasteiger partial charge in [-0.3, -0.25) is 14.7 Å². The second-order valence-corrected chi connectivity index (χ2v) is 6.11. The van der Waals surface area contributed by atoms with E-state index in [1.54, 1.807) is 11.3 Å². The van der Waals surface area contributed by atoms with Crippen LogP contribution < -0.4 is 0 Å². The molecule has 1 aliphatic rings. The Hall–Kier alpha value is -1.92. The smallest absolute Gasteiger partial charge is 0.255 e. The normalized spacial score (nSPS) is 16.1. The first-order chi connectivity index (χ1) is 10.2. The van der Waals surface area contributed by atoms with Crippen LogP contribution in [0.5, 0.6) is 5.75 Å². The van der Waals surface area contributed by atoms with Crippen LogP contribution in [0.25, 0.3) is 0 Å². The highest BCUT2D eigenvalue weighted by molar-refractivity contribution is 7.09. The summed E-state index contributed by atoms with van der Waals surface area (Å²) >= 11 is 1.76. The van der Waals surface area contributed by atoms with Gasteiger partial charge in [-0.05, 0) is 17.5 Å². The molecule has 0 bridgehead atoms. The van der Waals surface area contributed by atoms with Gasteiger partial charge in [-0.1, -0.05) is 6.07 Å². The zero-order valence-corrected chi connectivity index (χ0v) is 12.4. The summed E-state index contributed by atoms with van der Waals surface area (Å²) in [6.45, 7) is 4.11. The zero-order chi connectivity index (χ0) is 14.7. The van der Waals surface area contributed by atoms with E-state index in [-0.39, 0.29) is 11.7 Å². The number of rotatable bonds is 3. The molecule has 1 N–H and O–H groups in total. The molecular weight excluding hydrogens is 286 g/mol. The molecule has 3 rings (SSSR count). The molecule has 0 spiro atoms. The molecule has 6 heteroatoms. The van der Waals surface area contributed by atoms with Gasteiger partial charge in [-0.2, -0.15) is 0 Å². The SMILES string of the molecule is O=C(c1cncc(O)c1)N1CCN(Cc2cccs2)CC1. The van der Waals surface area contributed by atoms with Crippen LogP contribution in [0.15, 0.2) is 36.0 Å². The van der Waals surface area contributed by atoms with E-state index in [0.717, 1.165) is 19.6 Å². The fraction of sp³-hybridized carbons (Fsp3) is 0.333. The molecular formula is C15H17N3O2S. The molecule has 1 amide bonds. The average Bonchev–Trinajstić information content (AvgIpc) is 3.00. The van der Waals surface area contributed by atoms with Crippen molar-refractivity contribution in [3.8, 4) is 5.75 Å². The average molecular weight is 303 g/mol. The van der Waals surface area contributed by atoms with Crippen LogP contribution in [0.3, 0.4) is 0 Å². The monoisotopic (exact) mass is 303 g/mol. The maximum Gasteiger partial charge on any atom is 0.255 e. The fourth-order valence-electron chi connectivity index (χ4n) is 2.46. The lowest BCUT2D eigenvalue weighted by Gasteiger charge is -2.34. The number of hydrogen-bond acceptors (Lipinski definition) is 5. The Bertz CT molecular complexity index is 607. The predicted molar refractivity (Wildman–Crippen MR) is 81.4 cm³/mol. The maximum absolute atomic E-state index is 12.3. The number of aromatic nitrogens is 1. The second kappa shape index (κ2) is 6.24. The van der Waals surface area contributed by atoms with Crippen molar-refractivity contribution < 1.29 is 9.90 Å². The first-order valence-electron chi connectivity index (χ1n) is 6.90. The highest BCUT2D eigenvalue weighted by Gasteiger charge is 2.22. The molecule has 1 saturated heterocycles. The Morgan fingerprint density at radius 1 is 1.29 bits per heavy atom. The Labute approximate surface area is 127 Å². The van der Waals surface area contributed by atoms with E-state index < -0.39 is 0 Å². The molecule has 0 unspecified atom stereocenters. The number of thiophene rings is 1. The molecule has 3 heterocycles. The zero-order valence-electron chi connectivity index (χ0n) is 11.6. The second-order valence-electron chi connectivity index (χ2n) is 5.08. The standard InChI is InChI=1S/C15H17N3O2S/c19-13-8-12(9-16-10-13)15(20)18-5-3-17(4-6-18)11-14-2-1-7-21-14/h1-2,7-10,19H,3-6,11H2. The lowest BCUT2D eigenvalue weighted by molar-refractivity contribution is 0.0629. The number of pyridine rings is 1. The van der Waals surface area contributed by atoms with Gasteiger partial charge in [0.1, 0.15) is 5.75 Å². The Balaban J connectivity index is 1.57. The highest BCUT2D eigenvalue weighted by Crippen LogP contribution is 2.16. The van der Waals surface area contributed by atoms with E-state index in [1.165, 1.54) is 23.3 Å². The molecule has 0 atom stereocenters. The van der Waals surface area contributed by atoms with E-state index in [1.807, 2.05) is 4.90 Å². The lowest BCUT2D eigenvalue weighted by atomic mass is 10.2. The molecule has 0 aromatic carbocycles. The highest BCUT2D eigenvalue weighted by atomic mass is 32.1. The van der Waals surface area contributed by atoms with Gasteiger partial charge in [-0.15, -0.1) is 11.3 Å². The van der Waals surface area contributed by atoms with Crippen molar-refractivity contribution in [2.75, 3.05) is 26.2 Å². The fourth-order valence-corrected chi connectivity index (χ4v) is 3.21. The van der Waals surface area contributed by atoms with Gasteiger partial charge in [0.15, 0.2) is 0 Å². The van der Waals surface area contributed by atoms with Gasteiger partial charge in [-0.25, -0.2) is 0 Å². The topological polar surface area (TPSA) is 56.7 Å². The number of amides is 1. The van der Waals surface area contributed by atoms with E-state index in [9.17, 15) is 9.90 Å². The largest absolute Gasteiger partial charge is 0.506 e. The minimum Gasteiger partial charge on any atom is -0.506 e. The summed E-state index contributed by atoms with van der Waals surface area (Å²) in [5.74, 6) is -0.0358. The molecule has 2 aromatic rings. The van der Waals surface area contributed by atoms with E-state index in [4.69, 9.17) is 0 Å². The summed E-state index contributed by atoms with van der Waals surface area (Å²) in [6.07, 6.45) is 2.83. The first kappa shape index (κ1) is 14.0. The molecule has 2 aromatic heterocycles. The van der Waals surface area contributed by atoms with Gasteiger partial charge in [0, 0.05) is 43.8 Å². The number of hydrogen-bond donors (Lipinski definition) is 1. The van der Waals surface area contributed by atoms with Crippen LogP contribution in [0.2, 0.25) is 0 Å². The number of carbonyl (C=O) groups excluding carboxylic acids is 1. The van der Waals surface area contributed by atoms with Gasteiger partial charge < -0.3 is 10.0 Å². The van der Waals surface area contributed by atoms with Crippen molar-refractivity contribution in [1.29, 1.82) is 0 Å². The third kappa shape index (κ3) is 3.40. The van der Waals surface area contributed by atoms with Crippen molar-refractivity contribution in [1.82, 2.24) is 14.8 Å². The number of aromatic hydroxyl groups is 1. The molecule has 0 aliphatic carbocycles. The minimum atomic E-state index is -0.0610. The van der Waals surface area contributed by atoms with E-state index in [0.29, 0.717) is 18.7 Å². The van der Waals surface area contributed by atoms with Crippen molar-refractivity contribution in [3.63, 3.8) is 0 Å². The van der Waals surface area contributed by atoms with E-state index >= 15 is 0 Å². The summed E-state index contributed by atoms with van der Waals surface area (Å²) in [7, 11) is 0. The number of piperazine rings is 1. The van der Waals surface area contributed by atoms with Crippen LogP contribution in [0.1, 0.15) is 15.2 Å². The molecule has 1 fully saturated rings. The Morgan fingerprint density at radius 2 is 2.10 bits per heavy atom. The van der Waals surface area contributed by atoms with E-state index in [2.05, 4.69) is 27.4 Å². The molecule has 5 nitrogen and oxygen atoms in total. The van der Waals surface area contributed by atoms with Crippen molar-refractivity contribution >= 4 is 17.2 Å². The van der Waals surface area contributed by atoms with Gasteiger partial charge >= 0.3 is 0 Å². The summed E-state index contributed by atoms with van der Waals surface area (Å²) in [6, 6.07) is 5.67. The maximum atomic E-state index is 12.3. The summed E-state index contributed by atoms with van der Waals surface area (Å²) in [4.78, 5) is 21.7. The van der Waals surface area contributed by atoms with Crippen molar-refractivity contribution in [2.24, 2.45) is 0 Å². The van der Waals surface area contributed by atoms with Crippen LogP contribution in [0.4, 0.5) is 0 Å². The van der Waals surface area contributed by atoms with Crippen molar-refractivity contribution in [3.05, 3.63) is 46.4 Å². The van der Waals surface area contributed by atoms with Gasteiger partial charge in [0.05, 0.1) is 11.8 Å². The van der Waals surface area contributed by atoms with Gasteiger partial charge in [0.2, 0.25) is 0 Å². The Morgan fingerprint density at radius 3 is 2.76 bits per heavy atom.